The zero-order valence-electron chi connectivity index (χ0n) is 28.6. The Morgan fingerprint density at radius 3 is 2.08 bits per heavy atom. The fourth-order valence-corrected chi connectivity index (χ4v) is 6.84. The van der Waals surface area contributed by atoms with Gasteiger partial charge in [-0.15, -0.1) is 0 Å². The Labute approximate surface area is 297 Å². The van der Waals surface area contributed by atoms with Crippen LogP contribution < -0.4 is 23.8 Å². The molecule has 4 aromatic carbocycles. The molecule has 0 spiro atoms. The van der Waals surface area contributed by atoms with Crippen molar-refractivity contribution in [3.8, 4) is 17.2 Å². The van der Waals surface area contributed by atoms with Crippen molar-refractivity contribution in [3.05, 3.63) is 113 Å². The van der Waals surface area contributed by atoms with E-state index in [9.17, 15) is 22.4 Å². The number of anilines is 1. The minimum Gasteiger partial charge on any atom is -0.495 e. The molecule has 0 unspecified atom stereocenters. The lowest BCUT2D eigenvalue weighted by molar-refractivity contribution is -0.140. The summed E-state index contributed by atoms with van der Waals surface area (Å²) < 4.78 is 60.1. The molecule has 0 aromatic heterocycles. The van der Waals surface area contributed by atoms with E-state index in [1.54, 1.807) is 0 Å². The smallest absolute Gasteiger partial charge is 0.265 e. The maximum absolute atomic E-state index is 14.7. The van der Waals surface area contributed by atoms with Crippen molar-refractivity contribution >= 4 is 39.1 Å². The molecule has 4 rings (SSSR count). The molecule has 13 heteroatoms. The van der Waals surface area contributed by atoms with Crippen LogP contribution in [-0.2, 0) is 32.6 Å². The molecular weight excluding hydrogens is 685 g/mol. The van der Waals surface area contributed by atoms with Gasteiger partial charge < -0.3 is 24.4 Å². The Hall–Kier alpha value is -4.81. The number of methoxy groups -OCH3 is 3. The first-order valence-electron chi connectivity index (χ1n) is 15.8. The monoisotopic (exact) mass is 725 g/mol. The maximum atomic E-state index is 14.7. The van der Waals surface area contributed by atoms with Crippen LogP contribution >= 0.6 is 11.6 Å². The molecular formula is C37H41ClFN3O7S. The Bertz CT molecular complexity index is 1880. The van der Waals surface area contributed by atoms with Crippen LogP contribution in [0.4, 0.5) is 10.1 Å². The number of nitrogens with one attached hydrogen (secondary N) is 1. The second-order valence-corrected chi connectivity index (χ2v) is 14.1. The van der Waals surface area contributed by atoms with Gasteiger partial charge in [-0.25, -0.2) is 12.8 Å². The number of amides is 2. The Balaban J connectivity index is 1.87. The number of carbonyl (C=O) groups excluding carboxylic acids is 2. The van der Waals surface area contributed by atoms with Gasteiger partial charge >= 0.3 is 0 Å². The van der Waals surface area contributed by atoms with E-state index in [4.69, 9.17) is 25.8 Å². The van der Waals surface area contributed by atoms with Gasteiger partial charge in [-0.3, -0.25) is 13.9 Å². The van der Waals surface area contributed by atoms with Gasteiger partial charge in [0.15, 0.2) is 11.5 Å². The van der Waals surface area contributed by atoms with Gasteiger partial charge in [-0.1, -0.05) is 67.9 Å². The summed E-state index contributed by atoms with van der Waals surface area (Å²) >= 11 is 6.37. The second-order valence-electron chi connectivity index (χ2n) is 11.8. The lowest BCUT2D eigenvalue weighted by Crippen LogP contribution is -2.53. The van der Waals surface area contributed by atoms with E-state index in [0.717, 1.165) is 9.87 Å². The fraction of sp³-hybridized carbons (Fsp3) is 0.297. The SMILES string of the molecule is COc1ccc(S(=O)(=O)N(CC(=O)N(Cc2ccc(F)cc2)[C@@H](Cc2ccccc2)C(=O)NCC(C)C)c2cc(Cl)ccc2OC)cc1OC. The molecule has 0 bridgehead atoms. The normalized spacial score (nSPS) is 11.8. The molecule has 266 valence electrons. The van der Waals surface area contributed by atoms with Crippen LogP contribution in [-0.4, -0.2) is 65.6 Å². The predicted octanol–water partition coefficient (Wildman–Crippen LogP) is 6.11. The molecule has 0 aliphatic heterocycles. The standard InChI is InChI=1S/C37H41ClFN3O7S/c1-25(2)22-40-37(44)32(19-26-9-7-6-8-10-26)41(23-27-11-14-29(39)15-12-27)36(43)24-42(31-20-28(38)13-17-33(31)47-3)50(45,46)30-16-18-34(48-4)35(21-30)49-5/h6-18,20-21,25,32H,19,22-24H2,1-5H3,(H,40,44)/t32-/m0/s1. The number of hydrogen-bond acceptors (Lipinski definition) is 7. The molecule has 0 heterocycles. The van der Waals surface area contributed by atoms with Crippen LogP contribution in [0, 0.1) is 11.7 Å². The van der Waals surface area contributed by atoms with Crippen molar-refractivity contribution in [2.24, 2.45) is 5.92 Å². The summed E-state index contributed by atoms with van der Waals surface area (Å²) in [4.78, 5) is 29.8. The number of nitrogens with zero attached hydrogens (tertiary/aromatic N) is 2. The molecule has 10 nitrogen and oxygen atoms in total. The quantitative estimate of drug-likeness (QED) is 0.148. The molecule has 0 saturated heterocycles. The van der Waals surface area contributed by atoms with Gasteiger partial charge in [0.2, 0.25) is 11.8 Å². The number of ether oxygens (including phenoxy) is 3. The number of sulfonamides is 1. The molecule has 2 amide bonds. The van der Waals surface area contributed by atoms with Crippen molar-refractivity contribution in [3.63, 3.8) is 0 Å². The first-order chi connectivity index (χ1) is 23.9. The Kier molecular flexibility index (Phi) is 13.1. The van der Waals surface area contributed by atoms with Crippen LogP contribution in [0.15, 0.2) is 95.9 Å². The molecule has 0 radical (unpaired) electrons. The van der Waals surface area contributed by atoms with E-state index in [2.05, 4.69) is 5.32 Å². The van der Waals surface area contributed by atoms with Gasteiger partial charge in [-0.2, -0.15) is 0 Å². The zero-order valence-corrected chi connectivity index (χ0v) is 30.1. The summed E-state index contributed by atoms with van der Waals surface area (Å²) in [6.45, 7) is 3.37. The fourth-order valence-electron chi connectivity index (χ4n) is 5.24. The average Bonchev–Trinajstić information content (AvgIpc) is 3.11. The second kappa shape index (κ2) is 17.2. The molecule has 50 heavy (non-hydrogen) atoms. The number of benzene rings is 4. The third-order valence-electron chi connectivity index (χ3n) is 7.85. The van der Waals surface area contributed by atoms with E-state index in [1.165, 1.54) is 86.9 Å². The van der Waals surface area contributed by atoms with Crippen LogP contribution in [0.3, 0.4) is 0 Å². The van der Waals surface area contributed by atoms with Crippen LogP contribution in [0.5, 0.6) is 17.2 Å². The summed E-state index contributed by atoms with van der Waals surface area (Å²) in [5.74, 6) is -0.894. The summed E-state index contributed by atoms with van der Waals surface area (Å²) in [5, 5.41) is 3.13. The summed E-state index contributed by atoms with van der Waals surface area (Å²) in [7, 11) is -0.368. The lowest BCUT2D eigenvalue weighted by Gasteiger charge is -2.34. The summed E-state index contributed by atoms with van der Waals surface area (Å²) in [6.07, 6.45) is 0.126. The molecule has 0 aliphatic carbocycles. The van der Waals surface area contributed by atoms with Crippen molar-refractivity contribution in [2.45, 2.75) is 37.8 Å². The highest BCUT2D eigenvalue weighted by molar-refractivity contribution is 7.92. The van der Waals surface area contributed by atoms with E-state index in [0.29, 0.717) is 17.9 Å². The van der Waals surface area contributed by atoms with Crippen LogP contribution in [0.25, 0.3) is 0 Å². The predicted molar refractivity (Wildman–Crippen MR) is 191 cm³/mol. The first-order valence-corrected chi connectivity index (χ1v) is 17.6. The van der Waals surface area contributed by atoms with Crippen molar-refractivity contribution in [1.29, 1.82) is 0 Å². The molecule has 0 fully saturated rings. The van der Waals surface area contributed by atoms with Gasteiger partial charge in [0.05, 0.1) is 31.9 Å². The third-order valence-corrected chi connectivity index (χ3v) is 9.84. The van der Waals surface area contributed by atoms with E-state index < -0.39 is 40.2 Å². The first kappa shape index (κ1) is 38.0. The lowest BCUT2D eigenvalue weighted by atomic mass is 10.0. The van der Waals surface area contributed by atoms with Crippen molar-refractivity contribution < 1.29 is 36.6 Å². The van der Waals surface area contributed by atoms with Crippen LogP contribution in [0.1, 0.15) is 25.0 Å². The minimum absolute atomic E-state index is 0.00580. The van der Waals surface area contributed by atoms with Gasteiger partial charge in [0, 0.05) is 30.6 Å². The Morgan fingerprint density at radius 2 is 1.46 bits per heavy atom. The number of halogens is 2. The van der Waals surface area contributed by atoms with Crippen LogP contribution in [0.2, 0.25) is 5.02 Å². The summed E-state index contributed by atoms with van der Waals surface area (Å²) in [5.41, 5.74) is 1.30. The summed E-state index contributed by atoms with van der Waals surface area (Å²) in [6, 6.07) is 22.1. The highest BCUT2D eigenvalue weighted by atomic mass is 35.5. The van der Waals surface area contributed by atoms with Gasteiger partial charge in [0.25, 0.3) is 10.0 Å². The molecule has 1 atom stereocenters. The topological polar surface area (TPSA) is 114 Å². The average molecular weight is 726 g/mol. The minimum atomic E-state index is -4.53. The molecule has 0 aliphatic rings. The largest absolute Gasteiger partial charge is 0.495 e. The maximum Gasteiger partial charge on any atom is 0.265 e. The van der Waals surface area contributed by atoms with E-state index >= 15 is 0 Å². The number of rotatable bonds is 16. The zero-order chi connectivity index (χ0) is 36.4. The molecule has 4 aromatic rings. The number of hydrogen-bond donors (Lipinski definition) is 1. The van der Waals surface area contributed by atoms with E-state index in [1.807, 2.05) is 44.2 Å². The van der Waals surface area contributed by atoms with Crippen molar-refractivity contribution in [1.82, 2.24) is 10.2 Å². The Morgan fingerprint density at radius 1 is 0.820 bits per heavy atom. The highest BCUT2D eigenvalue weighted by Crippen LogP contribution is 2.37. The van der Waals surface area contributed by atoms with E-state index in [-0.39, 0.29) is 46.0 Å². The third kappa shape index (κ3) is 9.45. The van der Waals surface area contributed by atoms with Gasteiger partial charge in [-0.05, 0) is 59.5 Å². The highest BCUT2D eigenvalue weighted by Gasteiger charge is 2.36. The molecule has 1 N–H and O–H groups in total. The van der Waals surface area contributed by atoms with Gasteiger partial charge in [0.1, 0.15) is 24.2 Å². The number of carbonyl (C=O) groups is 2. The molecule has 0 saturated carbocycles. The van der Waals surface area contributed by atoms with Crippen molar-refractivity contribution in [2.75, 3.05) is 38.7 Å².